The normalized spacial score (nSPS) is 19.3. The number of nitrogens with one attached hydrogen (secondary N) is 2. The monoisotopic (exact) mass is 672 g/mol. The van der Waals surface area contributed by atoms with Gasteiger partial charge in [-0.1, -0.05) is 23.7 Å². The number of hydrogen-bond donors (Lipinski definition) is 2. The number of anilines is 2. The standard InChI is InChI=1S/C39H49ClN4O4/c1-7-43(29-10-14-47-15-11-29)34-20-30(28-8-9-32-35(19-28)44(24(2)3)23-39(32)12-16-48-17-13-39)37(40)36(27(34)6)38(46)41-21-31-25(4)18-26(5)42-33(31)22-45/h8-9,18-20,24,29,42H,7,10-17,21,23H2,1-6H3,(H,41,46). The lowest BCUT2D eigenvalue weighted by Crippen LogP contribution is -2.40. The van der Waals surface area contributed by atoms with Gasteiger partial charge < -0.3 is 29.9 Å². The number of carbonyl (C=O) groups is 1. The Labute approximate surface area is 290 Å². The zero-order valence-electron chi connectivity index (χ0n) is 29.2. The van der Waals surface area contributed by atoms with Gasteiger partial charge in [0.1, 0.15) is 5.70 Å². The molecule has 4 aliphatic heterocycles. The van der Waals surface area contributed by atoms with E-state index in [2.05, 4.69) is 65.5 Å². The van der Waals surface area contributed by atoms with Gasteiger partial charge in [0.2, 0.25) is 0 Å². The first kappa shape index (κ1) is 34.3. The summed E-state index contributed by atoms with van der Waals surface area (Å²) in [5.74, 6) is 1.73. The highest BCUT2D eigenvalue weighted by molar-refractivity contribution is 6.37. The first-order valence-corrected chi connectivity index (χ1v) is 17.8. The first-order valence-electron chi connectivity index (χ1n) is 17.4. The SMILES string of the molecule is CCN(c1cc(-c2ccc3c(c2)N(C(C)C)CC32CCOCC2)c(Cl)c(C(=O)NCC2=C(C)C=C(C)NC2=C=O)c1C)C1CCOCC1. The summed E-state index contributed by atoms with van der Waals surface area (Å²) in [7, 11) is 0. The summed E-state index contributed by atoms with van der Waals surface area (Å²) in [4.78, 5) is 31.0. The highest BCUT2D eigenvalue weighted by Gasteiger charge is 2.44. The van der Waals surface area contributed by atoms with E-state index < -0.39 is 0 Å². The summed E-state index contributed by atoms with van der Waals surface area (Å²) < 4.78 is 11.5. The molecule has 0 bridgehead atoms. The Kier molecular flexibility index (Phi) is 10.1. The first-order chi connectivity index (χ1) is 23.1. The molecule has 2 N–H and O–H groups in total. The highest BCUT2D eigenvalue weighted by Crippen LogP contribution is 2.50. The number of hydrogen-bond acceptors (Lipinski definition) is 7. The molecule has 0 aliphatic carbocycles. The molecule has 0 radical (unpaired) electrons. The summed E-state index contributed by atoms with van der Waals surface area (Å²) in [5, 5.41) is 6.60. The van der Waals surface area contributed by atoms with Crippen molar-refractivity contribution in [1.29, 1.82) is 0 Å². The number of carbonyl (C=O) groups excluding carboxylic acids is 2. The van der Waals surface area contributed by atoms with E-state index in [1.807, 2.05) is 32.8 Å². The third-order valence-corrected chi connectivity index (χ3v) is 11.2. The molecule has 0 atom stereocenters. The molecule has 2 aromatic carbocycles. The number of halogens is 1. The van der Waals surface area contributed by atoms with Crippen molar-refractivity contribution in [3.05, 3.63) is 74.6 Å². The van der Waals surface area contributed by atoms with Gasteiger partial charge in [-0.25, -0.2) is 4.79 Å². The van der Waals surface area contributed by atoms with Gasteiger partial charge in [-0.3, -0.25) is 4.79 Å². The molecule has 2 saturated heterocycles. The number of nitrogens with zero attached hydrogens (tertiary/aromatic N) is 2. The minimum Gasteiger partial charge on any atom is -0.381 e. The van der Waals surface area contributed by atoms with Gasteiger partial charge in [-0.2, -0.15) is 0 Å². The fourth-order valence-corrected chi connectivity index (χ4v) is 8.55. The van der Waals surface area contributed by atoms with Gasteiger partial charge in [-0.15, -0.1) is 0 Å². The summed E-state index contributed by atoms with van der Waals surface area (Å²) in [6.07, 6.45) is 5.84. The Bertz CT molecular complexity index is 1690. The molecule has 0 saturated carbocycles. The van der Waals surface area contributed by atoms with Crippen molar-refractivity contribution >= 4 is 34.8 Å². The van der Waals surface area contributed by atoms with Crippen LogP contribution in [0.1, 0.15) is 81.8 Å². The largest absolute Gasteiger partial charge is 0.381 e. The number of rotatable bonds is 8. The second kappa shape index (κ2) is 14.1. The molecule has 2 fully saturated rings. The molecule has 2 aromatic rings. The van der Waals surface area contributed by atoms with Crippen LogP contribution >= 0.6 is 11.6 Å². The fraction of sp³-hybridized carbons (Fsp3) is 0.513. The summed E-state index contributed by atoms with van der Waals surface area (Å²) in [6, 6.07) is 9.58. The van der Waals surface area contributed by atoms with Crippen molar-refractivity contribution in [2.75, 3.05) is 55.9 Å². The number of dihydropyridines is 1. The van der Waals surface area contributed by atoms with E-state index >= 15 is 0 Å². The molecule has 8 nitrogen and oxygen atoms in total. The number of amides is 1. The Morgan fingerprint density at radius 3 is 2.50 bits per heavy atom. The quantitative estimate of drug-likeness (QED) is 0.296. The zero-order valence-corrected chi connectivity index (χ0v) is 30.0. The molecular weight excluding hydrogens is 624 g/mol. The molecule has 9 heteroatoms. The average Bonchev–Trinajstić information content (AvgIpc) is 3.39. The summed E-state index contributed by atoms with van der Waals surface area (Å²) in [5.41, 5.74) is 9.70. The molecule has 4 aliphatic rings. The van der Waals surface area contributed by atoms with Crippen molar-refractivity contribution in [2.24, 2.45) is 0 Å². The van der Waals surface area contributed by atoms with Gasteiger partial charge in [0.25, 0.3) is 5.91 Å². The molecule has 6 rings (SSSR count). The Balaban J connectivity index is 1.45. The summed E-state index contributed by atoms with van der Waals surface area (Å²) in [6.45, 7) is 17.5. The van der Waals surface area contributed by atoms with E-state index in [0.717, 1.165) is 98.8 Å². The van der Waals surface area contributed by atoms with Crippen molar-refractivity contribution in [1.82, 2.24) is 10.6 Å². The Morgan fingerprint density at radius 1 is 1.12 bits per heavy atom. The van der Waals surface area contributed by atoms with E-state index in [-0.39, 0.29) is 17.9 Å². The molecular formula is C39H49ClN4O4. The Hall–Kier alpha value is -3.55. The summed E-state index contributed by atoms with van der Waals surface area (Å²) >= 11 is 7.34. The molecule has 4 heterocycles. The lowest BCUT2D eigenvalue weighted by atomic mass is 9.75. The van der Waals surface area contributed by atoms with E-state index in [9.17, 15) is 9.59 Å². The second-order valence-corrected chi connectivity index (χ2v) is 14.4. The maximum absolute atomic E-state index is 14.2. The second-order valence-electron chi connectivity index (χ2n) is 14.0. The minimum atomic E-state index is -0.272. The molecule has 48 heavy (non-hydrogen) atoms. The van der Waals surface area contributed by atoms with Gasteiger partial charge in [0.15, 0.2) is 5.94 Å². The van der Waals surface area contributed by atoms with E-state index in [4.69, 9.17) is 21.1 Å². The van der Waals surface area contributed by atoms with Gasteiger partial charge >= 0.3 is 0 Å². The smallest absolute Gasteiger partial charge is 0.253 e. The van der Waals surface area contributed by atoms with Crippen LogP contribution in [0, 0.1) is 6.92 Å². The molecule has 0 unspecified atom stereocenters. The number of benzene rings is 2. The van der Waals surface area contributed by atoms with Crippen LogP contribution < -0.4 is 20.4 Å². The van der Waals surface area contributed by atoms with E-state index in [0.29, 0.717) is 33.9 Å². The lowest BCUT2D eigenvalue weighted by molar-refractivity contribution is 0.0550. The van der Waals surface area contributed by atoms with Crippen LogP contribution in [-0.4, -0.2) is 70.0 Å². The van der Waals surface area contributed by atoms with Crippen molar-refractivity contribution in [3.8, 4) is 11.1 Å². The van der Waals surface area contributed by atoms with Gasteiger partial charge in [0, 0.05) is 91.8 Å². The van der Waals surface area contributed by atoms with Crippen LogP contribution in [0.4, 0.5) is 11.4 Å². The van der Waals surface area contributed by atoms with Crippen LogP contribution in [0.3, 0.4) is 0 Å². The fourth-order valence-electron chi connectivity index (χ4n) is 8.16. The third-order valence-electron chi connectivity index (χ3n) is 10.8. The van der Waals surface area contributed by atoms with Crippen LogP contribution in [0.2, 0.25) is 5.02 Å². The molecule has 1 spiro atoms. The number of fused-ring (bicyclic) bond motifs is 2. The van der Waals surface area contributed by atoms with Crippen molar-refractivity contribution in [2.45, 2.75) is 84.7 Å². The average molecular weight is 673 g/mol. The zero-order chi connectivity index (χ0) is 34.2. The van der Waals surface area contributed by atoms with Crippen LogP contribution in [-0.2, 0) is 19.7 Å². The van der Waals surface area contributed by atoms with Crippen LogP contribution in [0.5, 0.6) is 0 Å². The predicted octanol–water partition coefficient (Wildman–Crippen LogP) is 6.87. The van der Waals surface area contributed by atoms with Crippen molar-refractivity contribution in [3.63, 3.8) is 0 Å². The molecule has 0 aromatic heterocycles. The number of ether oxygens (including phenoxy) is 2. The van der Waals surface area contributed by atoms with Crippen LogP contribution in [0.15, 0.2) is 52.9 Å². The van der Waals surface area contributed by atoms with Crippen molar-refractivity contribution < 1.29 is 19.1 Å². The predicted molar refractivity (Wildman–Crippen MR) is 194 cm³/mol. The van der Waals surface area contributed by atoms with Gasteiger partial charge in [-0.05, 0) is 108 Å². The minimum absolute atomic E-state index is 0.0923. The maximum Gasteiger partial charge on any atom is 0.253 e. The van der Waals surface area contributed by atoms with Gasteiger partial charge in [0.05, 0.1) is 10.6 Å². The maximum atomic E-state index is 14.2. The topological polar surface area (TPSA) is 83.1 Å². The highest BCUT2D eigenvalue weighted by atomic mass is 35.5. The van der Waals surface area contributed by atoms with E-state index in [1.165, 1.54) is 11.3 Å². The number of allylic oxidation sites excluding steroid dienone is 3. The molecule has 256 valence electrons. The van der Waals surface area contributed by atoms with Crippen LogP contribution in [0.25, 0.3) is 11.1 Å². The lowest BCUT2D eigenvalue weighted by Gasteiger charge is -2.37. The third kappa shape index (κ3) is 6.32. The van der Waals surface area contributed by atoms with E-state index in [1.54, 1.807) is 0 Å². The molecule has 1 amide bonds. The Morgan fingerprint density at radius 2 is 1.83 bits per heavy atom.